The summed E-state index contributed by atoms with van der Waals surface area (Å²) in [6.45, 7) is 5.02. The number of carbonyl (C=O) groups excluding carboxylic acids is 1. The van der Waals surface area contributed by atoms with Crippen molar-refractivity contribution in [3.63, 3.8) is 0 Å². The average molecular weight is 438 g/mol. The predicted molar refractivity (Wildman–Crippen MR) is 120 cm³/mol. The van der Waals surface area contributed by atoms with Crippen LogP contribution in [0.25, 0.3) is 0 Å². The first kappa shape index (κ1) is 20.2. The number of likely N-dealkylation sites (tertiary alicyclic amines) is 1. The molecule has 7 nitrogen and oxygen atoms in total. The molecule has 1 amide bonds. The number of hydrogen-bond donors (Lipinski definition) is 1. The van der Waals surface area contributed by atoms with Gasteiger partial charge in [-0.05, 0) is 41.8 Å². The number of pyridine rings is 1. The van der Waals surface area contributed by atoms with Crippen LogP contribution in [-0.4, -0.2) is 38.2 Å². The number of aromatic nitrogens is 3. The summed E-state index contributed by atoms with van der Waals surface area (Å²) in [5, 5.41) is 11.6. The van der Waals surface area contributed by atoms with Crippen LogP contribution in [0, 0.1) is 12.8 Å². The zero-order valence-corrected chi connectivity index (χ0v) is 18.6. The number of nitrogens with one attached hydrogen (secondary N) is 1. The highest BCUT2D eigenvalue weighted by Gasteiger charge is 2.43. The molecule has 2 aliphatic heterocycles. The smallest absolute Gasteiger partial charge is 0.251 e. The van der Waals surface area contributed by atoms with Crippen molar-refractivity contribution in [3.05, 3.63) is 74.1 Å². The van der Waals surface area contributed by atoms with E-state index in [4.69, 9.17) is 0 Å². The van der Waals surface area contributed by atoms with Crippen molar-refractivity contribution in [1.29, 1.82) is 0 Å². The van der Waals surface area contributed by atoms with Gasteiger partial charge in [0.05, 0.1) is 5.69 Å². The lowest BCUT2D eigenvalue weighted by atomic mass is 9.78. The Hall–Kier alpha value is -2.71. The molecule has 0 saturated carbocycles. The van der Waals surface area contributed by atoms with E-state index in [9.17, 15) is 9.59 Å². The van der Waals surface area contributed by atoms with E-state index in [1.165, 1.54) is 5.56 Å². The quantitative estimate of drug-likeness (QED) is 0.666. The number of aryl methyl sites for hydroxylation is 2. The lowest BCUT2D eigenvalue weighted by Crippen LogP contribution is -2.53. The zero-order valence-electron chi connectivity index (χ0n) is 17.8. The Morgan fingerprint density at radius 3 is 2.90 bits per heavy atom. The normalized spacial score (nSPS) is 22.8. The second kappa shape index (κ2) is 8.09. The molecular formula is C23H27N5O2S. The van der Waals surface area contributed by atoms with Crippen molar-refractivity contribution in [2.45, 2.75) is 38.4 Å². The molecule has 1 N–H and O–H groups in total. The van der Waals surface area contributed by atoms with Crippen molar-refractivity contribution in [1.82, 2.24) is 24.6 Å². The Labute approximate surface area is 185 Å². The van der Waals surface area contributed by atoms with E-state index in [-0.39, 0.29) is 23.3 Å². The maximum absolute atomic E-state index is 13.3. The third kappa shape index (κ3) is 3.85. The summed E-state index contributed by atoms with van der Waals surface area (Å²) in [5.74, 6) is 0.292. The molecule has 3 aromatic heterocycles. The summed E-state index contributed by atoms with van der Waals surface area (Å²) < 4.78 is 3.61. The van der Waals surface area contributed by atoms with Gasteiger partial charge < -0.3 is 5.32 Å². The third-order valence-electron chi connectivity index (χ3n) is 6.55. The van der Waals surface area contributed by atoms with Gasteiger partial charge in [-0.3, -0.25) is 23.7 Å². The largest absolute Gasteiger partial charge is 0.350 e. The van der Waals surface area contributed by atoms with Gasteiger partial charge in [-0.25, -0.2) is 0 Å². The van der Waals surface area contributed by atoms with Gasteiger partial charge in [0.15, 0.2) is 0 Å². The molecular weight excluding hydrogens is 410 g/mol. The Morgan fingerprint density at radius 1 is 1.29 bits per heavy atom. The highest BCUT2D eigenvalue weighted by molar-refractivity contribution is 7.07. The molecule has 0 unspecified atom stereocenters. The van der Waals surface area contributed by atoms with Crippen molar-refractivity contribution in [2.24, 2.45) is 13.0 Å². The monoisotopic (exact) mass is 437 g/mol. The minimum atomic E-state index is -0.476. The first-order chi connectivity index (χ1) is 15.0. The first-order valence-electron chi connectivity index (χ1n) is 10.7. The molecule has 2 bridgehead atoms. The van der Waals surface area contributed by atoms with Crippen LogP contribution in [-0.2, 0) is 24.9 Å². The molecule has 8 heteroatoms. The first-order valence-corrected chi connectivity index (χ1v) is 11.7. The molecule has 3 aromatic rings. The fourth-order valence-electron chi connectivity index (χ4n) is 5.23. The van der Waals surface area contributed by atoms with E-state index in [2.05, 4.69) is 21.5 Å². The summed E-state index contributed by atoms with van der Waals surface area (Å²) in [7, 11) is 1.94. The maximum atomic E-state index is 13.3. The minimum Gasteiger partial charge on any atom is -0.350 e. The molecule has 162 valence electrons. The van der Waals surface area contributed by atoms with Gasteiger partial charge >= 0.3 is 0 Å². The van der Waals surface area contributed by atoms with Gasteiger partial charge in [0.25, 0.3) is 5.56 Å². The zero-order chi connectivity index (χ0) is 21.5. The van der Waals surface area contributed by atoms with E-state index < -0.39 is 6.04 Å². The standard InChI is InChI=1S/C23H27N5O2S/c1-15-19(10-26(2)25-15)13-27-11-17-8-18(12-27)22(28-20(17)4-3-5-21(28)29)23(30)24-9-16-6-7-31-14-16/h3-7,10,14,17-18,22H,8-9,11-13H2,1-2H3,(H,24,30)/t17-,18+,22-/m1/s1. The number of nitrogens with zero attached hydrogens (tertiary/aromatic N) is 4. The average Bonchev–Trinajstić information content (AvgIpc) is 3.36. The van der Waals surface area contributed by atoms with Crippen LogP contribution >= 0.6 is 11.3 Å². The summed E-state index contributed by atoms with van der Waals surface area (Å²) >= 11 is 1.62. The second-order valence-electron chi connectivity index (χ2n) is 8.75. The molecule has 0 radical (unpaired) electrons. The number of fused-ring (bicyclic) bond motifs is 4. The van der Waals surface area contributed by atoms with E-state index in [0.29, 0.717) is 6.54 Å². The summed E-state index contributed by atoms with van der Waals surface area (Å²) in [4.78, 5) is 28.6. The van der Waals surface area contributed by atoms with Crippen LogP contribution in [0.4, 0.5) is 0 Å². The van der Waals surface area contributed by atoms with Crippen molar-refractivity contribution >= 4 is 17.2 Å². The molecule has 3 atom stereocenters. The molecule has 0 aromatic carbocycles. The van der Waals surface area contributed by atoms with Crippen LogP contribution in [0.5, 0.6) is 0 Å². The number of rotatable bonds is 5. The number of hydrogen-bond acceptors (Lipinski definition) is 5. The number of carbonyl (C=O) groups is 1. The van der Waals surface area contributed by atoms with Crippen LogP contribution in [0.3, 0.4) is 0 Å². The highest BCUT2D eigenvalue weighted by Crippen LogP contribution is 2.41. The van der Waals surface area contributed by atoms with Crippen molar-refractivity contribution in [2.75, 3.05) is 13.1 Å². The predicted octanol–water partition coefficient (Wildman–Crippen LogP) is 2.43. The Kier molecular flexibility index (Phi) is 5.27. The van der Waals surface area contributed by atoms with Crippen LogP contribution < -0.4 is 10.9 Å². The molecule has 2 aliphatic rings. The Balaban J connectivity index is 1.43. The van der Waals surface area contributed by atoms with Gasteiger partial charge in [0.1, 0.15) is 6.04 Å². The summed E-state index contributed by atoms with van der Waals surface area (Å²) in [6, 6.07) is 6.94. The number of amides is 1. The van der Waals surface area contributed by atoms with Gasteiger partial charge in [-0.15, -0.1) is 0 Å². The van der Waals surface area contributed by atoms with E-state index in [1.807, 2.05) is 47.6 Å². The molecule has 1 saturated heterocycles. The molecule has 1 fully saturated rings. The topological polar surface area (TPSA) is 72.2 Å². The van der Waals surface area contributed by atoms with Gasteiger partial charge in [-0.1, -0.05) is 6.07 Å². The molecule has 31 heavy (non-hydrogen) atoms. The van der Waals surface area contributed by atoms with Gasteiger partial charge in [0.2, 0.25) is 5.91 Å². The third-order valence-corrected chi connectivity index (χ3v) is 7.28. The summed E-state index contributed by atoms with van der Waals surface area (Å²) in [6.07, 6.45) is 3.01. The van der Waals surface area contributed by atoms with Crippen LogP contribution in [0.1, 0.15) is 40.9 Å². The fraction of sp³-hybridized carbons (Fsp3) is 0.435. The number of piperidine rings is 1. The Bertz CT molecular complexity index is 1150. The van der Waals surface area contributed by atoms with Gasteiger partial charge in [0, 0.05) is 68.6 Å². The minimum absolute atomic E-state index is 0.0661. The highest BCUT2D eigenvalue weighted by atomic mass is 32.1. The summed E-state index contributed by atoms with van der Waals surface area (Å²) in [5.41, 5.74) is 4.24. The lowest BCUT2D eigenvalue weighted by Gasteiger charge is -2.46. The van der Waals surface area contributed by atoms with Crippen LogP contribution in [0.2, 0.25) is 0 Å². The van der Waals surface area contributed by atoms with Crippen LogP contribution in [0.15, 0.2) is 46.0 Å². The SMILES string of the molecule is Cc1nn(C)cc1CN1C[C@H]2C[C@@H](C1)[C@H](C(=O)NCc1ccsc1)n1c2cccc1=O. The van der Waals surface area contributed by atoms with Crippen molar-refractivity contribution < 1.29 is 4.79 Å². The van der Waals surface area contributed by atoms with E-state index >= 15 is 0 Å². The fourth-order valence-corrected chi connectivity index (χ4v) is 5.89. The molecule has 0 spiro atoms. The second-order valence-corrected chi connectivity index (χ2v) is 9.53. The molecule has 5 rings (SSSR count). The molecule has 5 heterocycles. The van der Waals surface area contributed by atoms with Crippen molar-refractivity contribution in [3.8, 4) is 0 Å². The molecule has 0 aliphatic carbocycles. The van der Waals surface area contributed by atoms with E-state index in [1.54, 1.807) is 22.0 Å². The van der Waals surface area contributed by atoms with E-state index in [0.717, 1.165) is 43.0 Å². The Morgan fingerprint density at radius 2 is 2.16 bits per heavy atom. The number of thiophene rings is 1. The lowest BCUT2D eigenvalue weighted by molar-refractivity contribution is -0.128. The van der Waals surface area contributed by atoms with Gasteiger partial charge in [-0.2, -0.15) is 16.4 Å². The maximum Gasteiger partial charge on any atom is 0.251 e.